The van der Waals surface area contributed by atoms with E-state index in [4.69, 9.17) is 4.74 Å². The van der Waals surface area contributed by atoms with E-state index in [1.807, 2.05) is 0 Å². The van der Waals surface area contributed by atoms with Gasteiger partial charge in [0.15, 0.2) is 0 Å². The van der Waals surface area contributed by atoms with E-state index in [-0.39, 0.29) is 11.4 Å². The third-order valence-electron chi connectivity index (χ3n) is 3.13. The highest BCUT2D eigenvalue weighted by Crippen LogP contribution is 2.29. The number of nitrogens with one attached hydrogen (secondary N) is 1. The second-order valence-corrected chi connectivity index (χ2v) is 4.36. The second kappa shape index (κ2) is 5.61. The number of methoxy groups -OCH3 is 1. The molecule has 0 bridgehead atoms. The second-order valence-electron chi connectivity index (χ2n) is 4.36. The van der Waals surface area contributed by atoms with Gasteiger partial charge in [-0.1, -0.05) is 0 Å². The van der Waals surface area contributed by atoms with Gasteiger partial charge in [-0.3, -0.25) is 19.6 Å². The Morgan fingerprint density at radius 1 is 1.48 bits per heavy atom. The van der Waals surface area contributed by atoms with Crippen LogP contribution in [0.4, 0.5) is 11.4 Å². The van der Waals surface area contributed by atoms with Crippen LogP contribution in [0.3, 0.4) is 0 Å². The number of nitro groups is 1. The molecule has 2 aromatic rings. The van der Waals surface area contributed by atoms with Gasteiger partial charge >= 0.3 is 0 Å². The van der Waals surface area contributed by atoms with Crippen LogP contribution in [0.1, 0.15) is 16.1 Å². The van der Waals surface area contributed by atoms with Crippen LogP contribution < -0.4 is 10.1 Å². The molecule has 8 heteroatoms. The first-order valence-electron chi connectivity index (χ1n) is 6.06. The van der Waals surface area contributed by atoms with Crippen molar-refractivity contribution in [2.45, 2.75) is 6.92 Å². The van der Waals surface area contributed by atoms with Crippen LogP contribution in [0.15, 0.2) is 24.4 Å². The zero-order chi connectivity index (χ0) is 15.6. The van der Waals surface area contributed by atoms with Crippen molar-refractivity contribution in [3.05, 3.63) is 45.8 Å². The lowest BCUT2D eigenvalue weighted by Gasteiger charge is -2.07. The van der Waals surface area contributed by atoms with E-state index in [1.165, 1.54) is 25.4 Å². The number of rotatable bonds is 4. The summed E-state index contributed by atoms with van der Waals surface area (Å²) in [5.74, 6) is -0.105. The molecule has 2 rings (SSSR count). The molecule has 0 radical (unpaired) electrons. The van der Waals surface area contributed by atoms with Crippen molar-refractivity contribution < 1.29 is 14.5 Å². The number of aromatic nitrogens is 2. The SMILES string of the molecule is COc1ccc(NC(=O)c2cnn(C)c2C)c([N+](=O)[O-])c1. The molecule has 110 valence electrons. The summed E-state index contributed by atoms with van der Waals surface area (Å²) < 4.78 is 6.49. The molecule has 0 aliphatic heterocycles. The number of carbonyl (C=O) groups is 1. The van der Waals surface area contributed by atoms with Gasteiger partial charge in [0, 0.05) is 12.7 Å². The van der Waals surface area contributed by atoms with Crippen LogP contribution in [-0.4, -0.2) is 27.7 Å². The van der Waals surface area contributed by atoms with Crippen LogP contribution in [0.5, 0.6) is 5.75 Å². The lowest BCUT2D eigenvalue weighted by molar-refractivity contribution is -0.384. The van der Waals surface area contributed by atoms with Gasteiger partial charge in [0.2, 0.25) is 0 Å². The normalized spacial score (nSPS) is 10.2. The standard InChI is InChI=1S/C13H14N4O4/c1-8-10(7-14-16(8)2)13(18)15-11-5-4-9(21-3)6-12(11)17(19)20/h4-7H,1-3H3,(H,15,18). The Hall–Kier alpha value is -2.90. The van der Waals surface area contributed by atoms with Crippen LogP contribution in [0.2, 0.25) is 0 Å². The van der Waals surface area contributed by atoms with Crippen LogP contribution >= 0.6 is 0 Å². The maximum absolute atomic E-state index is 12.2. The smallest absolute Gasteiger partial charge is 0.296 e. The van der Waals surface area contributed by atoms with Crippen molar-refractivity contribution in [3.63, 3.8) is 0 Å². The van der Waals surface area contributed by atoms with Gasteiger partial charge in [0.1, 0.15) is 11.4 Å². The van der Waals surface area contributed by atoms with E-state index in [0.29, 0.717) is 17.0 Å². The molecule has 1 aromatic heterocycles. The van der Waals surface area contributed by atoms with Crippen molar-refractivity contribution in [2.75, 3.05) is 12.4 Å². The Morgan fingerprint density at radius 3 is 2.71 bits per heavy atom. The number of hydrogen-bond acceptors (Lipinski definition) is 5. The number of hydrogen-bond donors (Lipinski definition) is 1. The van der Waals surface area contributed by atoms with E-state index in [9.17, 15) is 14.9 Å². The summed E-state index contributed by atoms with van der Waals surface area (Å²) in [6.45, 7) is 1.74. The summed E-state index contributed by atoms with van der Waals surface area (Å²) in [7, 11) is 3.12. The van der Waals surface area contributed by atoms with Crippen LogP contribution in [-0.2, 0) is 7.05 Å². The highest BCUT2D eigenvalue weighted by atomic mass is 16.6. The summed E-state index contributed by atoms with van der Waals surface area (Å²) >= 11 is 0. The van der Waals surface area contributed by atoms with Gasteiger partial charge < -0.3 is 10.1 Å². The lowest BCUT2D eigenvalue weighted by Crippen LogP contribution is -2.14. The molecular weight excluding hydrogens is 276 g/mol. The van der Waals surface area contributed by atoms with Crippen molar-refractivity contribution in [3.8, 4) is 5.75 Å². The average molecular weight is 290 g/mol. The number of ether oxygens (including phenoxy) is 1. The first kappa shape index (κ1) is 14.5. The Balaban J connectivity index is 2.33. The fourth-order valence-corrected chi connectivity index (χ4v) is 1.81. The number of aryl methyl sites for hydroxylation is 1. The predicted octanol–water partition coefficient (Wildman–Crippen LogP) is 1.90. The van der Waals surface area contributed by atoms with E-state index in [2.05, 4.69) is 10.4 Å². The third-order valence-corrected chi connectivity index (χ3v) is 3.13. The number of nitro benzene ring substituents is 1. The molecule has 0 unspecified atom stereocenters. The molecule has 8 nitrogen and oxygen atoms in total. The Morgan fingerprint density at radius 2 is 2.19 bits per heavy atom. The number of benzene rings is 1. The Labute approximate surface area is 120 Å². The molecule has 0 atom stereocenters. The summed E-state index contributed by atoms with van der Waals surface area (Å²) in [5.41, 5.74) is 0.907. The van der Waals surface area contributed by atoms with Crippen LogP contribution in [0.25, 0.3) is 0 Å². The minimum Gasteiger partial charge on any atom is -0.496 e. The van der Waals surface area contributed by atoms with E-state index in [1.54, 1.807) is 24.7 Å². The molecule has 1 aromatic carbocycles. The molecule has 0 spiro atoms. The minimum atomic E-state index is -0.575. The third kappa shape index (κ3) is 2.83. The lowest BCUT2D eigenvalue weighted by atomic mass is 10.2. The average Bonchev–Trinajstić information content (AvgIpc) is 2.79. The van der Waals surface area contributed by atoms with Crippen molar-refractivity contribution in [1.82, 2.24) is 9.78 Å². The summed E-state index contributed by atoms with van der Waals surface area (Å²) in [6.07, 6.45) is 1.42. The zero-order valence-corrected chi connectivity index (χ0v) is 11.8. The topological polar surface area (TPSA) is 99.3 Å². The van der Waals surface area contributed by atoms with Gasteiger partial charge in [-0.05, 0) is 19.1 Å². The molecule has 0 fully saturated rings. The maximum atomic E-state index is 12.2. The number of amides is 1. The Bertz CT molecular complexity index is 708. The molecule has 0 aliphatic carbocycles. The van der Waals surface area contributed by atoms with Gasteiger partial charge in [0.05, 0.1) is 29.9 Å². The van der Waals surface area contributed by atoms with Crippen molar-refractivity contribution >= 4 is 17.3 Å². The molecule has 1 N–H and O–H groups in total. The van der Waals surface area contributed by atoms with Crippen molar-refractivity contribution in [2.24, 2.45) is 7.05 Å². The molecule has 1 amide bonds. The van der Waals surface area contributed by atoms with Gasteiger partial charge in [-0.25, -0.2) is 0 Å². The maximum Gasteiger partial charge on any atom is 0.296 e. The van der Waals surface area contributed by atoms with E-state index in [0.717, 1.165) is 0 Å². The quantitative estimate of drug-likeness (QED) is 0.684. The van der Waals surface area contributed by atoms with Gasteiger partial charge in [-0.2, -0.15) is 5.10 Å². The molecule has 0 saturated heterocycles. The van der Waals surface area contributed by atoms with E-state index >= 15 is 0 Å². The fraction of sp³-hybridized carbons (Fsp3) is 0.231. The zero-order valence-electron chi connectivity index (χ0n) is 11.8. The highest BCUT2D eigenvalue weighted by molar-refractivity contribution is 6.06. The van der Waals surface area contributed by atoms with E-state index < -0.39 is 10.8 Å². The molecular formula is C13H14N4O4. The minimum absolute atomic E-state index is 0.106. The van der Waals surface area contributed by atoms with Crippen molar-refractivity contribution in [1.29, 1.82) is 0 Å². The predicted molar refractivity (Wildman–Crippen MR) is 75.5 cm³/mol. The fourth-order valence-electron chi connectivity index (χ4n) is 1.81. The summed E-state index contributed by atoms with van der Waals surface area (Å²) in [6, 6.07) is 4.23. The highest BCUT2D eigenvalue weighted by Gasteiger charge is 2.19. The van der Waals surface area contributed by atoms with Gasteiger partial charge in [0.25, 0.3) is 11.6 Å². The first-order valence-corrected chi connectivity index (χ1v) is 6.06. The van der Waals surface area contributed by atoms with Crippen LogP contribution in [0, 0.1) is 17.0 Å². The number of nitrogens with zero attached hydrogens (tertiary/aromatic N) is 3. The summed E-state index contributed by atoms with van der Waals surface area (Å²) in [5, 5.41) is 17.6. The molecule has 0 saturated carbocycles. The summed E-state index contributed by atoms with van der Waals surface area (Å²) in [4.78, 5) is 22.6. The van der Waals surface area contributed by atoms with Gasteiger partial charge in [-0.15, -0.1) is 0 Å². The first-order chi connectivity index (χ1) is 9.93. The molecule has 21 heavy (non-hydrogen) atoms. The monoisotopic (exact) mass is 290 g/mol. The Kier molecular flexibility index (Phi) is 3.88. The number of anilines is 1. The largest absolute Gasteiger partial charge is 0.496 e. The number of carbonyl (C=O) groups excluding carboxylic acids is 1. The molecule has 0 aliphatic rings. The molecule has 1 heterocycles.